The highest BCUT2D eigenvalue weighted by atomic mass is 16.5. The third kappa shape index (κ3) is 4.09. The van der Waals surface area contributed by atoms with Crippen LogP contribution < -0.4 is 20.9 Å². The van der Waals surface area contributed by atoms with E-state index in [2.05, 4.69) is 30.7 Å². The van der Waals surface area contributed by atoms with Crippen molar-refractivity contribution in [2.24, 2.45) is 0 Å². The summed E-state index contributed by atoms with van der Waals surface area (Å²) in [5, 5.41) is 30.8. The Bertz CT molecular complexity index is 1530. The molecule has 2 amide bonds. The summed E-state index contributed by atoms with van der Waals surface area (Å²) in [7, 11) is 0. The molecule has 2 aliphatic heterocycles. The molecule has 4 N–H and O–H groups in total. The Morgan fingerprint density at radius 1 is 1.21 bits per heavy atom. The quantitative estimate of drug-likeness (QED) is 0.327. The molecular weight excluding hydrogens is 494 g/mol. The molecule has 5 heterocycles. The largest absolute Gasteiger partial charge is 0.380 e. The van der Waals surface area contributed by atoms with Gasteiger partial charge in [0.1, 0.15) is 0 Å². The lowest BCUT2D eigenvalue weighted by Crippen LogP contribution is -2.61. The van der Waals surface area contributed by atoms with Crippen molar-refractivity contribution in [1.29, 1.82) is 0 Å². The Balaban J connectivity index is 1.18. The summed E-state index contributed by atoms with van der Waals surface area (Å²) >= 11 is 0. The van der Waals surface area contributed by atoms with Crippen molar-refractivity contribution < 1.29 is 24.0 Å². The zero-order valence-electron chi connectivity index (χ0n) is 20.4. The second-order valence-electron chi connectivity index (χ2n) is 9.35. The number of carbonyl (C=O) groups excluding carboxylic acids is 2. The number of rotatable bonds is 6. The van der Waals surface area contributed by atoms with Crippen LogP contribution >= 0.6 is 0 Å². The Morgan fingerprint density at radius 3 is 2.84 bits per heavy atom. The molecule has 196 valence electrons. The Labute approximate surface area is 215 Å². The number of nitrogens with zero attached hydrogens (tertiary/aromatic N) is 7. The third-order valence-electron chi connectivity index (χ3n) is 6.74. The lowest BCUT2D eigenvalue weighted by atomic mass is 9.95. The van der Waals surface area contributed by atoms with Gasteiger partial charge in [-0.25, -0.2) is 4.68 Å². The minimum absolute atomic E-state index is 0.103. The van der Waals surface area contributed by atoms with E-state index in [-0.39, 0.29) is 19.0 Å². The highest BCUT2D eigenvalue weighted by Gasteiger charge is 2.49. The first-order valence-corrected chi connectivity index (χ1v) is 12.1. The number of anilines is 4. The van der Waals surface area contributed by atoms with E-state index in [0.717, 1.165) is 25.3 Å². The van der Waals surface area contributed by atoms with E-state index in [0.29, 0.717) is 28.2 Å². The summed E-state index contributed by atoms with van der Waals surface area (Å²) in [6.07, 6.45) is 2.96. The van der Waals surface area contributed by atoms with Crippen molar-refractivity contribution >= 4 is 45.9 Å². The molecule has 0 radical (unpaired) electrons. The topological polar surface area (TPSA) is 178 Å². The van der Waals surface area contributed by atoms with Gasteiger partial charge in [0.25, 0.3) is 11.8 Å². The minimum atomic E-state index is -2.19. The average molecular weight is 520 g/mol. The Hall–Kier alpha value is -4.56. The maximum Gasteiger partial charge on any atom is 0.260 e. The van der Waals surface area contributed by atoms with Gasteiger partial charge in [-0.1, -0.05) is 5.16 Å². The first kappa shape index (κ1) is 23.8. The molecule has 14 heteroatoms. The zero-order chi connectivity index (χ0) is 26.4. The van der Waals surface area contributed by atoms with Crippen LogP contribution in [-0.4, -0.2) is 80.0 Å². The fraction of sp³-hybridized carbons (Fsp3) is 0.333. The molecular formula is C24H25N9O5. The number of carbonyl (C=O) groups is 2. The number of hydrogen-bond donors (Lipinski definition) is 3. The van der Waals surface area contributed by atoms with Gasteiger partial charge in [0.2, 0.25) is 0 Å². The predicted molar refractivity (Wildman–Crippen MR) is 136 cm³/mol. The Morgan fingerprint density at radius 2 is 2.05 bits per heavy atom. The SMILES string of the molecule is C[C@](O)(C(=O)Nc1ccc2c(N)noc2c1)[C@H]1OCCN(c2ccn(-c3cnnc(N4CCC4)c3)n2)C1=O. The number of benzene rings is 1. The minimum Gasteiger partial charge on any atom is -0.380 e. The maximum atomic E-state index is 13.4. The lowest BCUT2D eigenvalue weighted by molar-refractivity contribution is -0.165. The molecule has 38 heavy (non-hydrogen) atoms. The third-order valence-corrected chi connectivity index (χ3v) is 6.74. The number of amides is 2. The second kappa shape index (κ2) is 9.08. The molecule has 0 aliphatic carbocycles. The van der Waals surface area contributed by atoms with Crippen molar-refractivity contribution in [2.75, 3.05) is 47.1 Å². The number of nitrogens with two attached hydrogens (primary N) is 1. The number of aromatic nitrogens is 5. The number of aliphatic hydroxyl groups is 1. The van der Waals surface area contributed by atoms with Crippen LogP contribution in [0.25, 0.3) is 16.7 Å². The van der Waals surface area contributed by atoms with Crippen molar-refractivity contribution in [3.63, 3.8) is 0 Å². The number of fused-ring (bicyclic) bond motifs is 1. The summed E-state index contributed by atoms with van der Waals surface area (Å²) in [6, 6.07) is 8.31. The normalized spacial score (nSPS) is 19.3. The highest BCUT2D eigenvalue weighted by Crippen LogP contribution is 2.28. The summed E-state index contributed by atoms with van der Waals surface area (Å²) < 4.78 is 12.3. The van der Waals surface area contributed by atoms with Gasteiger partial charge in [0.15, 0.2) is 34.7 Å². The van der Waals surface area contributed by atoms with Crippen LogP contribution in [0.4, 0.5) is 23.1 Å². The molecule has 2 fully saturated rings. The van der Waals surface area contributed by atoms with Gasteiger partial charge in [0.05, 0.1) is 30.4 Å². The van der Waals surface area contributed by atoms with Crippen molar-refractivity contribution in [3.8, 4) is 5.69 Å². The number of hydrogen-bond acceptors (Lipinski definition) is 11. The van der Waals surface area contributed by atoms with Gasteiger partial charge in [-0.05, 0) is 25.5 Å². The smallest absolute Gasteiger partial charge is 0.260 e. The average Bonchev–Trinajstić information content (AvgIpc) is 3.50. The van der Waals surface area contributed by atoms with E-state index in [1.165, 1.54) is 17.9 Å². The van der Waals surface area contributed by atoms with E-state index in [9.17, 15) is 14.7 Å². The van der Waals surface area contributed by atoms with Gasteiger partial charge in [0, 0.05) is 43.2 Å². The molecule has 2 atom stereocenters. The maximum absolute atomic E-state index is 13.4. The molecule has 0 bridgehead atoms. The molecule has 0 spiro atoms. The number of morpholine rings is 1. The summed E-state index contributed by atoms with van der Waals surface area (Å²) in [5.74, 6) is -0.0625. The number of nitrogens with one attached hydrogen (secondary N) is 1. The molecule has 6 rings (SSSR count). The van der Waals surface area contributed by atoms with Gasteiger partial charge < -0.3 is 30.3 Å². The van der Waals surface area contributed by atoms with Gasteiger partial charge in [-0.15, -0.1) is 10.2 Å². The molecule has 14 nitrogen and oxygen atoms in total. The van der Waals surface area contributed by atoms with Gasteiger partial charge in [-0.2, -0.15) is 5.10 Å². The van der Waals surface area contributed by atoms with Crippen LogP contribution in [0.5, 0.6) is 0 Å². The second-order valence-corrected chi connectivity index (χ2v) is 9.35. The number of ether oxygens (including phenoxy) is 1. The van der Waals surface area contributed by atoms with Crippen LogP contribution in [-0.2, 0) is 14.3 Å². The predicted octanol–water partition coefficient (Wildman–Crippen LogP) is 0.717. The van der Waals surface area contributed by atoms with Crippen molar-refractivity contribution in [2.45, 2.75) is 25.0 Å². The standard InChI is InChI=1S/C24H25N9O5/c1-24(36,23(35)27-14-3-4-16-17(11-14)38-30-21(16)25)20-22(34)32(9-10-37-20)18-5-8-33(29-18)15-12-19(28-26-13-15)31-6-2-7-31/h3-5,8,11-13,20,36H,2,6-7,9-10H2,1H3,(H2,25,30)(H,27,35)/t20-,24+/m0/s1. The fourth-order valence-corrected chi connectivity index (χ4v) is 4.40. The molecule has 0 saturated carbocycles. The molecule has 2 saturated heterocycles. The molecule has 1 aromatic carbocycles. The first-order valence-electron chi connectivity index (χ1n) is 12.1. The monoisotopic (exact) mass is 519 g/mol. The van der Waals surface area contributed by atoms with E-state index in [1.54, 1.807) is 35.3 Å². The van der Waals surface area contributed by atoms with E-state index >= 15 is 0 Å². The molecule has 3 aromatic heterocycles. The summed E-state index contributed by atoms with van der Waals surface area (Å²) in [6.45, 7) is 3.41. The van der Waals surface area contributed by atoms with Crippen molar-refractivity contribution in [1.82, 2.24) is 25.1 Å². The van der Waals surface area contributed by atoms with E-state index in [4.69, 9.17) is 15.0 Å². The van der Waals surface area contributed by atoms with Crippen LogP contribution in [0.1, 0.15) is 13.3 Å². The summed E-state index contributed by atoms with van der Waals surface area (Å²) in [4.78, 5) is 29.9. The number of nitrogen functional groups attached to an aromatic ring is 1. The Kier molecular flexibility index (Phi) is 5.69. The van der Waals surface area contributed by atoms with Crippen LogP contribution in [0, 0.1) is 0 Å². The van der Waals surface area contributed by atoms with Crippen LogP contribution in [0.3, 0.4) is 0 Å². The van der Waals surface area contributed by atoms with E-state index in [1.807, 2.05) is 6.07 Å². The van der Waals surface area contributed by atoms with Gasteiger partial charge in [-0.3, -0.25) is 14.5 Å². The lowest BCUT2D eigenvalue weighted by Gasteiger charge is -2.37. The van der Waals surface area contributed by atoms with Gasteiger partial charge >= 0.3 is 0 Å². The molecule has 2 aliphatic rings. The first-order chi connectivity index (χ1) is 18.3. The fourth-order valence-electron chi connectivity index (χ4n) is 4.40. The van der Waals surface area contributed by atoms with Crippen LogP contribution in [0.15, 0.2) is 47.2 Å². The highest BCUT2D eigenvalue weighted by molar-refractivity contribution is 6.06. The summed E-state index contributed by atoms with van der Waals surface area (Å²) in [5.41, 5.74) is 4.94. The molecule has 0 unspecified atom stereocenters. The van der Waals surface area contributed by atoms with Crippen molar-refractivity contribution in [3.05, 3.63) is 42.7 Å². The zero-order valence-corrected chi connectivity index (χ0v) is 20.4. The van der Waals surface area contributed by atoms with Crippen LogP contribution in [0.2, 0.25) is 0 Å². The van der Waals surface area contributed by atoms with E-state index < -0.39 is 23.5 Å². The molecule has 4 aromatic rings.